The molecule has 0 aromatic rings. The molecule has 1 fully saturated rings. The molecule has 0 spiro atoms. The first kappa shape index (κ1) is 8.04. The second kappa shape index (κ2) is 3.95. The maximum Gasteiger partial charge on any atom is 0.324 e. The van der Waals surface area contributed by atoms with Gasteiger partial charge in [0.05, 0.1) is 0 Å². The van der Waals surface area contributed by atoms with E-state index in [2.05, 4.69) is 0 Å². The molecule has 0 bridgehead atoms. The fourth-order valence-electron chi connectivity index (χ4n) is 1.22. The molecule has 11 heavy (non-hydrogen) atoms. The number of carbonyl (C=O) groups excluding carboxylic acids is 2. The number of hydrogen-bond donors (Lipinski definition) is 1. The molecular formula is C7H11N2O2. The van der Waals surface area contributed by atoms with Crippen LogP contribution in [0.1, 0.15) is 19.3 Å². The van der Waals surface area contributed by atoms with Gasteiger partial charge in [0, 0.05) is 13.1 Å². The summed E-state index contributed by atoms with van der Waals surface area (Å²) in [5, 5.41) is 2.00. The van der Waals surface area contributed by atoms with Crippen LogP contribution in [0.5, 0.6) is 0 Å². The quantitative estimate of drug-likeness (QED) is 0.552. The van der Waals surface area contributed by atoms with Crippen molar-refractivity contribution in [3.63, 3.8) is 0 Å². The van der Waals surface area contributed by atoms with E-state index < -0.39 is 0 Å². The second-order valence-electron chi connectivity index (χ2n) is 2.58. The lowest BCUT2D eigenvalue weighted by atomic mass is 10.1. The van der Waals surface area contributed by atoms with Crippen LogP contribution in [0.4, 0.5) is 4.79 Å². The van der Waals surface area contributed by atoms with E-state index in [1.165, 1.54) is 12.8 Å². The largest absolute Gasteiger partial charge is 0.324 e. The first-order valence-corrected chi connectivity index (χ1v) is 3.76. The summed E-state index contributed by atoms with van der Waals surface area (Å²) in [6, 6.07) is -0.320. The lowest BCUT2D eigenvalue weighted by molar-refractivity contribution is 0.191. The number of piperidine rings is 1. The van der Waals surface area contributed by atoms with Gasteiger partial charge in [-0.1, -0.05) is 0 Å². The molecule has 4 nitrogen and oxygen atoms in total. The van der Waals surface area contributed by atoms with Crippen LogP contribution in [0.3, 0.4) is 0 Å². The molecule has 0 aromatic heterocycles. The van der Waals surface area contributed by atoms with Gasteiger partial charge in [0.1, 0.15) is 0 Å². The van der Waals surface area contributed by atoms with Gasteiger partial charge in [0.15, 0.2) is 0 Å². The van der Waals surface area contributed by atoms with Crippen LogP contribution in [-0.4, -0.2) is 30.4 Å². The number of urea groups is 1. The Hall–Kier alpha value is -1.06. The molecule has 1 heterocycles. The Bertz CT molecular complexity index is 153. The van der Waals surface area contributed by atoms with Crippen LogP contribution in [0.2, 0.25) is 0 Å². The number of hydrogen-bond acceptors (Lipinski definition) is 2. The minimum atomic E-state index is -0.320. The van der Waals surface area contributed by atoms with E-state index in [0.29, 0.717) is 0 Å². The van der Waals surface area contributed by atoms with E-state index in [1.54, 1.807) is 4.90 Å². The van der Waals surface area contributed by atoms with Crippen LogP contribution < -0.4 is 5.32 Å². The fourth-order valence-corrected chi connectivity index (χ4v) is 1.22. The highest BCUT2D eigenvalue weighted by Crippen LogP contribution is 2.07. The Labute approximate surface area is 65.6 Å². The fraction of sp³-hybridized carbons (Fsp3) is 0.714. The minimum absolute atomic E-state index is 0.320. The van der Waals surface area contributed by atoms with Crippen molar-refractivity contribution in [1.29, 1.82) is 0 Å². The van der Waals surface area contributed by atoms with Gasteiger partial charge in [-0.05, 0) is 19.3 Å². The van der Waals surface area contributed by atoms with Crippen molar-refractivity contribution >= 4 is 12.4 Å². The van der Waals surface area contributed by atoms with Crippen molar-refractivity contribution in [3.05, 3.63) is 0 Å². The number of rotatable bonds is 1. The zero-order chi connectivity index (χ0) is 8.10. The van der Waals surface area contributed by atoms with Gasteiger partial charge in [-0.25, -0.2) is 4.79 Å². The lowest BCUT2D eigenvalue weighted by Gasteiger charge is -2.25. The Balaban J connectivity index is 2.32. The average Bonchev–Trinajstić information content (AvgIpc) is 2.07. The molecule has 4 heteroatoms. The molecule has 1 aliphatic rings. The van der Waals surface area contributed by atoms with E-state index in [4.69, 9.17) is 0 Å². The summed E-state index contributed by atoms with van der Waals surface area (Å²) >= 11 is 0. The van der Waals surface area contributed by atoms with Gasteiger partial charge in [-0.15, -0.1) is 0 Å². The molecule has 0 aromatic carbocycles. The highest BCUT2D eigenvalue weighted by atomic mass is 16.2. The highest BCUT2D eigenvalue weighted by Gasteiger charge is 2.15. The van der Waals surface area contributed by atoms with Gasteiger partial charge in [-0.3, -0.25) is 10.1 Å². The molecule has 1 rings (SSSR count). The Kier molecular flexibility index (Phi) is 2.89. The van der Waals surface area contributed by atoms with E-state index in [-0.39, 0.29) is 6.03 Å². The molecule has 0 saturated carbocycles. The van der Waals surface area contributed by atoms with E-state index in [1.807, 2.05) is 5.32 Å². The van der Waals surface area contributed by atoms with Crippen molar-refractivity contribution in [3.8, 4) is 0 Å². The summed E-state index contributed by atoms with van der Waals surface area (Å²) in [6.07, 6.45) is 4.62. The second-order valence-corrected chi connectivity index (χ2v) is 2.58. The molecule has 0 unspecified atom stereocenters. The van der Waals surface area contributed by atoms with Gasteiger partial charge in [-0.2, -0.15) is 0 Å². The molecule has 0 aliphatic carbocycles. The zero-order valence-corrected chi connectivity index (χ0v) is 6.30. The molecule has 3 amide bonds. The maximum atomic E-state index is 11.0. The van der Waals surface area contributed by atoms with Gasteiger partial charge >= 0.3 is 12.4 Å². The Morgan fingerprint density at radius 2 is 1.91 bits per heavy atom. The lowest BCUT2D eigenvalue weighted by Crippen LogP contribution is -2.42. The van der Waals surface area contributed by atoms with E-state index in [9.17, 15) is 9.59 Å². The summed E-state index contributed by atoms with van der Waals surface area (Å²) in [5.74, 6) is 0. The summed E-state index contributed by atoms with van der Waals surface area (Å²) < 4.78 is 0. The Morgan fingerprint density at radius 1 is 1.27 bits per heavy atom. The maximum absolute atomic E-state index is 11.0. The third-order valence-corrected chi connectivity index (χ3v) is 1.80. The first-order chi connectivity index (χ1) is 5.34. The molecule has 1 radical (unpaired) electrons. The standard InChI is InChI=1S/C7H11N2O2/c10-6-8-7(11)9-4-2-1-3-5-9/h1-5H2,(H,8,10,11). The predicted octanol–water partition coefficient (Wildman–Crippen LogP) is 0.249. The SMILES string of the molecule is O=[C]NC(=O)N1CCCCC1. The first-order valence-electron chi connectivity index (χ1n) is 3.76. The number of nitrogens with zero attached hydrogens (tertiary/aromatic N) is 1. The van der Waals surface area contributed by atoms with Crippen molar-refractivity contribution in [2.75, 3.05) is 13.1 Å². The number of carbonyl (C=O) groups is 1. The third kappa shape index (κ3) is 2.22. The number of amides is 3. The summed E-state index contributed by atoms with van der Waals surface area (Å²) in [6.45, 7) is 1.51. The van der Waals surface area contributed by atoms with Crippen LogP contribution in [0, 0.1) is 0 Å². The molecule has 1 aliphatic heterocycles. The van der Waals surface area contributed by atoms with Crippen molar-refractivity contribution in [2.24, 2.45) is 0 Å². The minimum Gasteiger partial charge on any atom is -0.324 e. The molecule has 1 N–H and O–H groups in total. The van der Waals surface area contributed by atoms with Gasteiger partial charge in [0.2, 0.25) is 0 Å². The number of nitrogens with one attached hydrogen (secondary N) is 1. The number of likely N-dealkylation sites (tertiary alicyclic amines) is 1. The van der Waals surface area contributed by atoms with E-state index in [0.717, 1.165) is 25.9 Å². The van der Waals surface area contributed by atoms with Crippen LogP contribution >= 0.6 is 0 Å². The summed E-state index contributed by atoms with van der Waals surface area (Å²) in [4.78, 5) is 22.4. The smallest absolute Gasteiger partial charge is 0.324 e. The molecule has 0 atom stereocenters. The zero-order valence-electron chi connectivity index (χ0n) is 6.30. The van der Waals surface area contributed by atoms with Crippen molar-refractivity contribution in [1.82, 2.24) is 10.2 Å². The van der Waals surface area contributed by atoms with Gasteiger partial charge in [0.25, 0.3) is 0 Å². The molecule has 61 valence electrons. The van der Waals surface area contributed by atoms with Crippen LogP contribution in [0.25, 0.3) is 0 Å². The predicted molar refractivity (Wildman–Crippen MR) is 39.6 cm³/mol. The summed E-state index contributed by atoms with van der Waals surface area (Å²) in [7, 11) is 0. The van der Waals surface area contributed by atoms with Crippen LogP contribution in [-0.2, 0) is 4.79 Å². The Morgan fingerprint density at radius 3 is 2.45 bits per heavy atom. The highest BCUT2D eigenvalue weighted by molar-refractivity contribution is 5.84. The molecular weight excluding hydrogens is 144 g/mol. The van der Waals surface area contributed by atoms with Crippen LogP contribution in [0.15, 0.2) is 0 Å². The monoisotopic (exact) mass is 155 g/mol. The topological polar surface area (TPSA) is 49.4 Å². The molecule has 1 saturated heterocycles. The van der Waals surface area contributed by atoms with E-state index >= 15 is 0 Å². The van der Waals surface area contributed by atoms with Gasteiger partial charge < -0.3 is 4.90 Å². The van der Waals surface area contributed by atoms with Crippen molar-refractivity contribution < 1.29 is 9.59 Å². The normalized spacial score (nSPS) is 17.6. The van der Waals surface area contributed by atoms with Crippen molar-refractivity contribution in [2.45, 2.75) is 19.3 Å². The average molecular weight is 155 g/mol. The number of imide groups is 1. The summed E-state index contributed by atoms with van der Waals surface area (Å²) in [5.41, 5.74) is 0. The third-order valence-electron chi connectivity index (χ3n) is 1.80.